The van der Waals surface area contributed by atoms with Crippen LogP contribution in [0, 0.1) is 0 Å². The van der Waals surface area contributed by atoms with Gasteiger partial charge < -0.3 is 15.1 Å². The van der Waals surface area contributed by atoms with Crippen molar-refractivity contribution in [3.05, 3.63) is 115 Å². The Hall–Kier alpha value is -4.33. The fraction of sp³-hybridized carbons (Fsp3) is 0.194. The smallest absolute Gasteiger partial charge is 0.188 e. The van der Waals surface area contributed by atoms with Crippen LogP contribution < -0.4 is 9.91 Å². The Bertz CT molecular complexity index is 1210. The number of ketones is 2. The molecule has 2 N–H and O–H groups in total. The van der Waals surface area contributed by atoms with E-state index in [2.05, 4.69) is 44.0 Å². The van der Waals surface area contributed by atoms with Gasteiger partial charge >= 0.3 is 0 Å². The average Bonchev–Trinajstić information content (AvgIpc) is 2.97. The molecule has 2 unspecified atom stereocenters. The summed E-state index contributed by atoms with van der Waals surface area (Å²) >= 11 is 0. The number of hydrazone groups is 1. The topological polar surface area (TPSA) is 93.4 Å². The summed E-state index contributed by atoms with van der Waals surface area (Å²) in [5.41, 5.74) is 4.28. The number of aliphatic hydroxyl groups excluding tert-OH is 2. The molecule has 3 rings (SSSR count). The summed E-state index contributed by atoms with van der Waals surface area (Å²) in [4.78, 5) is 25.9. The van der Waals surface area contributed by atoms with Crippen LogP contribution in [-0.2, 0) is 9.59 Å². The van der Waals surface area contributed by atoms with Gasteiger partial charge in [-0.2, -0.15) is 5.10 Å². The maximum Gasteiger partial charge on any atom is 0.188 e. The quantitative estimate of drug-likeness (QED) is 0.184. The molecule has 0 aromatic heterocycles. The van der Waals surface area contributed by atoms with Crippen molar-refractivity contribution in [3.63, 3.8) is 0 Å². The molecule has 0 heterocycles. The number of carbonyl (C=O) groups excluding carboxylic acids is 2. The molecule has 3 aromatic rings. The molecule has 7 nitrogen and oxygen atoms in total. The van der Waals surface area contributed by atoms with Crippen LogP contribution in [0.15, 0.2) is 103 Å². The van der Waals surface area contributed by atoms with E-state index in [1.165, 1.54) is 0 Å². The Balaban J connectivity index is 1.95. The molecule has 0 amide bonds. The fourth-order valence-electron chi connectivity index (χ4n) is 3.91. The summed E-state index contributed by atoms with van der Waals surface area (Å²) in [7, 11) is 0. The van der Waals surface area contributed by atoms with Gasteiger partial charge in [-0.3, -0.25) is 9.59 Å². The average molecular weight is 512 g/mol. The number of benzene rings is 3. The number of rotatable bonds is 13. The zero-order chi connectivity index (χ0) is 27.7. The molecule has 0 radical (unpaired) electrons. The summed E-state index contributed by atoms with van der Waals surface area (Å²) in [5.74, 6) is -0.965. The highest BCUT2D eigenvalue weighted by atomic mass is 16.3. The Morgan fingerprint density at radius 3 is 1.50 bits per heavy atom. The SMILES string of the molecule is C=CC(=O)C(O)c1ccc(N(N=Cc2ccc(N(CC)CC)cc2)c2ccc(C(O)C(=O)C=C)cc2)cc1. The summed E-state index contributed by atoms with van der Waals surface area (Å²) in [5, 5.41) is 26.8. The molecule has 0 aliphatic carbocycles. The minimum absolute atomic E-state index is 0.441. The zero-order valence-electron chi connectivity index (χ0n) is 21.7. The molecule has 0 fully saturated rings. The number of carbonyl (C=O) groups is 2. The molecule has 0 saturated carbocycles. The summed E-state index contributed by atoms with van der Waals surface area (Å²) < 4.78 is 0. The Kier molecular flexibility index (Phi) is 9.87. The van der Waals surface area contributed by atoms with Crippen LogP contribution in [0.2, 0.25) is 0 Å². The van der Waals surface area contributed by atoms with Gasteiger partial charge in [0.15, 0.2) is 11.6 Å². The Morgan fingerprint density at radius 1 is 0.737 bits per heavy atom. The third-order valence-electron chi connectivity index (χ3n) is 6.19. The number of nitrogens with zero attached hydrogens (tertiary/aromatic N) is 3. The van der Waals surface area contributed by atoms with Crippen molar-refractivity contribution in [2.24, 2.45) is 5.10 Å². The Morgan fingerprint density at radius 2 is 1.13 bits per heavy atom. The van der Waals surface area contributed by atoms with Crippen LogP contribution in [0.3, 0.4) is 0 Å². The van der Waals surface area contributed by atoms with E-state index in [0.29, 0.717) is 22.5 Å². The Labute approximate surface area is 223 Å². The van der Waals surface area contributed by atoms with Crippen molar-refractivity contribution < 1.29 is 19.8 Å². The largest absolute Gasteiger partial charge is 0.380 e. The fourth-order valence-corrected chi connectivity index (χ4v) is 3.91. The highest BCUT2D eigenvalue weighted by molar-refractivity contribution is 5.94. The first-order valence-corrected chi connectivity index (χ1v) is 12.4. The number of anilines is 3. The molecular weight excluding hydrogens is 478 g/mol. The van der Waals surface area contributed by atoms with E-state index in [9.17, 15) is 19.8 Å². The van der Waals surface area contributed by atoms with Crippen LogP contribution >= 0.6 is 0 Å². The first kappa shape index (κ1) is 28.2. The lowest BCUT2D eigenvalue weighted by Crippen LogP contribution is -2.21. The molecule has 7 heteroatoms. The third-order valence-corrected chi connectivity index (χ3v) is 6.19. The predicted octanol–water partition coefficient (Wildman–Crippen LogP) is 5.28. The second kappa shape index (κ2) is 13.3. The molecular formula is C31H33N3O4. The van der Waals surface area contributed by atoms with Crippen LogP contribution in [0.25, 0.3) is 0 Å². The molecule has 196 valence electrons. The van der Waals surface area contributed by atoms with Crippen molar-refractivity contribution in [1.82, 2.24) is 0 Å². The van der Waals surface area contributed by atoms with Gasteiger partial charge in [-0.25, -0.2) is 5.01 Å². The lowest BCUT2D eigenvalue weighted by molar-refractivity contribution is -0.123. The minimum Gasteiger partial charge on any atom is -0.380 e. The van der Waals surface area contributed by atoms with Gasteiger partial charge in [0.1, 0.15) is 12.2 Å². The number of hydrogen-bond donors (Lipinski definition) is 2. The standard InChI is InChI=1S/C31H33N3O4/c1-5-28(35)30(37)23-11-17-26(18-12-23)34(27-19-13-24(14-20-27)31(38)29(36)6-2)32-21-22-9-15-25(16-10-22)33(7-3)8-4/h5-6,9-21,30-31,37-38H,1-2,7-8H2,3-4H3. The molecule has 0 aliphatic rings. The monoisotopic (exact) mass is 511 g/mol. The normalized spacial score (nSPS) is 12.5. The van der Waals surface area contributed by atoms with Crippen molar-refractivity contribution in [2.75, 3.05) is 23.0 Å². The molecule has 0 aliphatic heterocycles. The summed E-state index contributed by atoms with van der Waals surface area (Å²) in [6.45, 7) is 12.9. The van der Waals surface area contributed by atoms with E-state index in [0.717, 1.165) is 36.5 Å². The first-order valence-electron chi connectivity index (χ1n) is 12.4. The van der Waals surface area contributed by atoms with Crippen LogP contribution in [-0.4, -0.2) is 41.1 Å². The second-order valence-electron chi connectivity index (χ2n) is 8.52. The molecule has 3 aromatic carbocycles. The zero-order valence-corrected chi connectivity index (χ0v) is 21.7. The van der Waals surface area contributed by atoms with Crippen molar-refractivity contribution in [1.29, 1.82) is 0 Å². The first-order chi connectivity index (χ1) is 18.3. The van der Waals surface area contributed by atoms with Crippen LogP contribution in [0.1, 0.15) is 42.7 Å². The summed E-state index contributed by atoms with van der Waals surface area (Å²) in [6.07, 6.45) is 1.35. The second-order valence-corrected chi connectivity index (χ2v) is 8.52. The maximum absolute atomic E-state index is 11.8. The van der Waals surface area contributed by atoms with E-state index in [-0.39, 0.29) is 0 Å². The van der Waals surface area contributed by atoms with Crippen molar-refractivity contribution in [3.8, 4) is 0 Å². The van der Waals surface area contributed by atoms with Gasteiger partial charge in [0, 0.05) is 18.8 Å². The highest BCUT2D eigenvalue weighted by Crippen LogP contribution is 2.29. The van der Waals surface area contributed by atoms with Gasteiger partial charge in [0.05, 0.1) is 17.6 Å². The van der Waals surface area contributed by atoms with E-state index in [4.69, 9.17) is 5.10 Å². The van der Waals surface area contributed by atoms with Gasteiger partial charge in [-0.1, -0.05) is 49.6 Å². The van der Waals surface area contributed by atoms with Crippen LogP contribution in [0.5, 0.6) is 0 Å². The van der Waals surface area contributed by atoms with Gasteiger partial charge in [0.2, 0.25) is 0 Å². The van der Waals surface area contributed by atoms with Crippen LogP contribution in [0.4, 0.5) is 17.1 Å². The van der Waals surface area contributed by atoms with Gasteiger partial charge in [-0.05, 0) is 79.1 Å². The molecule has 0 bridgehead atoms. The molecule has 0 spiro atoms. The maximum atomic E-state index is 11.8. The van der Waals surface area contributed by atoms with Crippen molar-refractivity contribution >= 4 is 34.8 Å². The predicted molar refractivity (Wildman–Crippen MR) is 153 cm³/mol. The van der Waals surface area contributed by atoms with Gasteiger partial charge in [-0.15, -0.1) is 0 Å². The molecule has 0 saturated heterocycles. The van der Waals surface area contributed by atoms with Crippen molar-refractivity contribution in [2.45, 2.75) is 26.1 Å². The molecule has 2 atom stereocenters. The van der Waals surface area contributed by atoms with E-state index < -0.39 is 23.8 Å². The third kappa shape index (κ3) is 6.70. The van der Waals surface area contributed by atoms with E-state index in [1.807, 2.05) is 12.1 Å². The minimum atomic E-state index is -1.29. The lowest BCUT2D eigenvalue weighted by Gasteiger charge is -2.21. The number of aliphatic hydroxyl groups is 2. The van der Waals surface area contributed by atoms with E-state index in [1.54, 1.807) is 59.8 Å². The number of hydrogen-bond acceptors (Lipinski definition) is 7. The van der Waals surface area contributed by atoms with E-state index >= 15 is 0 Å². The van der Waals surface area contributed by atoms with Gasteiger partial charge in [0.25, 0.3) is 0 Å². The highest BCUT2D eigenvalue weighted by Gasteiger charge is 2.17. The lowest BCUT2D eigenvalue weighted by atomic mass is 10.0. The summed E-state index contributed by atoms with van der Waals surface area (Å²) in [6, 6.07) is 21.7. The molecule has 38 heavy (non-hydrogen) atoms.